The van der Waals surface area contributed by atoms with Crippen LogP contribution in [0.4, 0.5) is 0 Å². The molecule has 4 heteroatoms. The van der Waals surface area contributed by atoms with E-state index in [0.29, 0.717) is 6.54 Å². The summed E-state index contributed by atoms with van der Waals surface area (Å²) in [5, 5.41) is 0.751. The molecular weight excluding hydrogens is 236 g/mol. The first-order chi connectivity index (χ1) is 8.19. The lowest BCUT2D eigenvalue weighted by Crippen LogP contribution is -2.33. The normalized spacial score (nSPS) is 13.0. The molecular formula is C13H21ClN2O. The number of halogens is 1. The van der Waals surface area contributed by atoms with Gasteiger partial charge in [0, 0.05) is 30.8 Å². The summed E-state index contributed by atoms with van der Waals surface area (Å²) < 4.78 is 5.35. The number of benzene rings is 1. The Morgan fingerprint density at radius 3 is 2.53 bits per heavy atom. The molecule has 0 spiro atoms. The Hall–Kier alpha value is -0.610. The fourth-order valence-electron chi connectivity index (χ4n) is 1.76. The fraction of sp³-hybridized carbons (Fsp3) is 0.538. The predicted molar refractivity (Wildman–Crippen MR) is 72.4 cm³/mol. The van der Waals surface area contributed by atoms with E-state index >= 15 is 0 Å². The molecule has 0 fully saturated rings. The van der Waals surface area contributed by atoms with E-state index in [4.69, 9.17) is 22.1 Å². The SMILES string of the molecule is CCOCCN(C)C(CN)c1ccc(Cl)cc1. The van der Waals surface area contributed by atoms with Crippen LogP contribution in [-0.2, 0) is 4.74 Å². The number of hydrogen-bond donors (Lipinski definition) is 1. The third-order valence-corrected chi connectivity index (χ3v) is 3.05. The third kappa shape index (κ3) is 4.64. The monoisotopic (exact) mass is 256 g/mol. The molecule has 0 aromatic heterocycles. The van der Waals surface area contributed by atoms with Crippen molar-refractivity contribution in [3.63, 3.8) is 0 Å². The molecule has 0 bridgehead atoms. The van der Waals surface area contributed by atoms with Crippen molar-refractivity contribution in [1.82, 2.24) is 4.90 Å². The molecule has 2 N–H and O–H groups in total. The fourth-order valence-corrected chi connectivity index (χ4v) is 1.89. The molecule has 0 heterocycles. The van der Waals surface area contributed by atoms with Gasteiger partial charge < -0.3 is 10.5 Å². The van der Waals surface area contributed by atoms with Gasteiger partial charge in [-0.2, -0.15) is 0 Å². The van der Waals surface area contributed by atoms with Crippen molar-refractivity contribution in [2.24, 2.45) is 5.73 Å². The standard InChI is InChI=1S/C13H21ClN2O/c1-3-17-9-8-16(2)13(10-15)11-4-6-12(14)7-5-11/h4-7,13H,3,8-10,15H2,1-2H3. The average molecular weight is 257 g/mol. The lowest BCUT2D eigenvalue weighted by atomic mass is 10.1. The molecule has 1 aromatic rings. The molecule has 0 amide bonds. The van der Waals surface area contributed by atoms with Crippen LogP contribution in [0.3, 0.4) is 0 Å². The van der Waals surface area contributed by atoms with Crippen molar-refractivity contribution >= 4 is 11.6 Å². The van der Waals surface area contributed by atoms with E-state index in [1.54, 1.807) is 0 Å². The summed E-state index contributed by atoms with van der Waals surface area (Å²) in [5.41, 5.74) is 7.02. The minimum Gasteiger partial charge on any atom is -0.380 e. The molecule has 96 valence electrons. The van der Waals surface area contributed by atoms with Gasteiger partial charge in [-0.25, -0.2) is 0 Å². The minimum atomic E-state index is 0.215. The first-order valence-electron chi connectivity index (χ1n) is 5.92. The van der Waals surface area contributed by atoms with Crippen molar-refractivity contribution in [3.8, 4) is 0 Å². The van der Waals surface area contributed by atoms with Gasteiger partial charge in [-0.05, 0) is 31.7 Å². The second-order valence-electron chi connectivity index (χ2n) is 3.98. The first-order valence-corrected chi connectivity index (χ1v) is 6.30. The quantitative estimate of drug-likeness (QED) is 0.761. The summed E-state index contributed by atoms with van der Waals surface area (Å²) in [6.45, 7) is 4.95. The molecule has 0 aliphatic rings. The van der Waals surface area contributed by atoms with E-state index in [1.165, 1.54) is 5.56 Å². The van der Waals surface area contributed by atoms with Crippen LogP contribution in [-0.4, -0.2) is 38.3 Å². The van der Waals surface area contributed by atoms with Crippen LogP contribution < -0.4 is 5.73 Å². The molecule has 1 aromatic carbocycles. The third-order valence-electron chi connectivity index (χ3n) is 2.80. The van der Waals surface area contributed by atoms with Crippen LogP contribution in [0.25, 0.3) is 0 Å². The van der Waals surface area contributed by atoms with Crippen LogP contribution in [0.5, 0.6) is 0 Å². The van der Waals surface area contributed by atoms with E-state index in [2.05, 4.69) is 11.9 Å². The van der Waals surface area contributed by atoms with Gasteiger partial charge in [-0.3, -0.25) is 4.90 Å². The van der Waals surface area contributed by atoms with Crippen LogP contribution in [0.15, 0.2) is 24.3 Å². The summed E-state index contributed by atoms with van der Waals surface area (Å²) >= 11 is 5.88. The number of rotatable bonds is 7. The highest BCUT2D eigenvalue weighted by molar-refractivity contribution is 6.30. The second kappa shape index (κ2) is 7.67. The molecule has 1 atom stereocenters. The Kier molecular flexibility index (Phi) is 6.52. The lowest BCUT2D eigenvalue weighted by Gasteiger charge is -2.27. The van der Waals surface area contributed by atoms with Gasteiger partial charge in [0.2, 0.25) is 0 Å². The Morgan fingerprint density at radius 2 is 2.00 bits per heavy atom. The predicted octanol–water partition coefficient (Wildman–Crippen LogP) is 2.31. The Morgan fingerprint density at radius 1 is 1.35 bits per heavy atom. The zero-order valence-corrected chi connectivity index (χ0v) is 11.3. The van der Waals surface area contributed by atoms with Gasteiger partial charge in [-0.1, -0.05) is 23.7 Å². The van der Waals surface area contributed by atoms with E-state index in [9.17, 15) is 0 Å². The summed E-state index contributed by atoms with van der Waals surface area (Å²) in [4.78, 5) is 2.21. The van der Waals surface area contributed by atoms with Crippen molar-refractivity contribution in [2.45, 2.75) is 13.0 Å². The molecule has 0 aliphatic carbocycles. The van der Waals surface area contributed by atoms with E-state index in [0.717, 1.165) is 24.8 Å². The van der Waals surface area contributed by atoms with Gasteiger partial charge in [0.15, 0.2) is 0 Å². The number of hydrogen-bond acceptors (Lipinski definition) is 3. The average Bonchev–Trinajstić information content (AvgIpc) is 2.33. The smallest absolute Gasteiger partial charge is 0.0593 e. The van der Waals surface area contributed by atoms with Crippen molar-refractivity contribution < 1.29 is 4.74 Å². The maximum absolute atomic E-state index is 5.88. The number of nitrogens with two attached hydrogens (primary N) is 1. The summed E-state index contributed by atoms with van der Waals surface area (Å²) in [5.74, 6) is 0. The number of ether oxygens (including phenoxy) is 1. The molecule has 0 aliphatic heterocycles. The molecule has 0 radical (unpaired) electrons. The molecule has 1 rings (SSSR count). The van der Waals surface area contributed by atoms with Crippen LogP contribution in [0.2, 0.25) is 5.02 Å². The molecule has 17 heavy (non-hydrogen) atoms. The van der Waals surface area contributed by atoms with Gasteiger partial charge in [0.05, 0.1) is 6.61 Å². The van der Waals surface area contributed by atoms with Gasteiger partial charge >= 0.3 is 0 Å². The van der Waals surface area contributed by atoms with Crippen molar-refractivity contribution in [3.05, 3.63) is 34.9 Å². The van der Waals surface area contributed by atoms with Gasteiger partial charge in [0.1, 0.15) is 0 Å². The summed E-state index contributed by atoms with van der Waals surface area (Å²) in [7, 11) is 2.06. The number of likely N-dealkylation sites (N-methyl/N-ethyl adjacent to an activating group) is 1. The number of nitrogens with zero attached hydrogens (tertiary/aromatic N) is 1. The Bertz CT molecular complexity index is 316. The van der Waals surface area contributed by atoms with Gasteiger partial charge in [0.25, 0.3) is 0 Å². The van der Waals surface area contributed by atoms with Crippen molar-refractivity contribution in [1.29, 1.82) is 0 Å². The van der Waals surface area contributed by atoms with E-state index in [-0.39, 0.29) is 6.04 Å². The van der Waals surface area contributed by atoms with Crippen LogP contribution >= 0.6 is 11.6 Å². The molecule has 0 saturated heterocycles. The minimum absolute atomic E-state index is 0.215. The highest BCUT2D eigenvalue weighted by Crippen LogP contribution is 2.20. The van der Waals surface area contributed by atoms with E-state index < -0.39 is 0 Å². The molecule has 1 unspecified atom stereocenters. The summed E-state index contributed by atoms with van der Waals surface area (Å²) in [6.07, 6.45) is 0. The zero-order chi connectivity index (χ0) is 12.7. The van der Waals surface area contributed by atoms with E-state index in [1.807, 2.05) is 31.2 Å². The maximum atomic E-state index is 5.88. The molecule has 3 nitrogen and oxygen atoms in total. The summed E-state index contributed by atoms with van der Waals surface area (Å²) in [6, 6.07) is 8.06. The van der Waals surface area contributed by atoms with Gasteiger partial charge in [-0.15, -0.1) is 0 Å². The highest BCUT2D eigenvalue weighted by Gasteiger charge is 2.14. The maximum Gasteiger partial charge on any atom is 0.0593 e. The Labute approximate surface area is 109 Å². The largest absolute Gasteiger partial charge is 0.380 e. The van der Waals surface area contributed by atoms with Crippen LogP contribution in [0.1, 0.15) is 18.5 Å². The Balaban J connectivity index is 2.60. The lowest BCUT2D eigenvalue weighted by molar-refractivity contribution is 0.108. The molecule has 0 saturated carbocycles. The van der Waals surface area contributed by atoms with Crippen molar-refractivity contribution in [2.75, 3.05) is 33.4 Å². The van der Waals surface area contributed by atoms with Crippen LogP contribution in [0, 0.1) is 0 Å². The highest BCUT2D eigenvalue weighted by atomic mass is 35.5. The zero-order valence-electron chi connectivity index (χ0n) is 10.5. The first kappa shape index (κ1) is 14.5. The second-order valence-corrected chi connectivity index (χ2v) is 4.42. The topological polar surface area (TPSA) is 38.5 Å².